The summed E-state index contributed by atoms with van der Waals surface area (Å²) in [6, 6.07) is 9.37. The quantitative estimate of drug-likeness (QED) is 0.510. The normalized spacial score (nSPS) is 13.1. The molecule has 0 saturated heterocycles. The van der Waals surface area contributed by atoms with Crippen molar-refractivity contribution in [1.29, 1.82) is 0 Å². The first-order valence-electron chi connectivity index (χ1n) is 8.34. The number of nitrogens with two attached hydrogens (primary N) is 1. The van der Waals surface area contributed by atoms with E-state index in [0.29, 0.717) is 0 Å². The van der Waals surface area contributed by atoms with Crippen LogP contribution in [0.5, 0.6) is 5.88 Å². The fourth-order valence-corrected chi connectivity index (χ4v) is 2.57. The molecule has 2 heterocycles. The molecule has 1 atom stereocenters. The highest BCUT2D eigenvalue weighted by Crippen LogP contribution is 2.21. The molecule has 0 amide bonds. The largest absolute Gasteiger partial charge is 0.471 e. The number of esters is 1. The zero-order chi connectivity index (χ0) is 20.3. The monoisotopic (exact) mass is 385 g/mol. The van der Waals surface area contributed by atoms with E-state index in [1.807, 2.05) is 30.3 Å². The van der Waals surface area contributed by atoms with Gasteiger partial charge in [0.05, 0.1) is 7.11 Å². The van der Waals surface area contributed by atoms with Gasteiger partial charge in [0.1, 0.15) is 12.3 Å². The smallest absolute Gasteiger partial charge is 0.337 e. The number of carbonyl (C=O) groups excluding carboxylic acids is 1. The third-order valence-corrected chi connectivity index (χ3v) is 3.97. The lowest BCUT2D eigenvalue weighted by Crippen LogP contribution is -2.40. The van der Waals surface area contributed by atoms with Gasteiger partial charge in [-0.15, -0.1) is 0 Å². The predicted octanol–water partition coefficient (Wildman–Crippen LogP) is 0.341. The Hall–Kier alpha value is -3.53. The molecule has 3 aromatic rings. The summed E-state index contributed by atoms with van der Waals surface area (Å²) in [6.07, 6.45) is -0.368. The molecule has 4 N–H and O–H groups in total. The fourth-order valence-electron chi connectivity index (χ4n) is 2.57. The average molecular weight is 385 g/mol. The number of aliphatic hydroxyl groups is 1. The number of anilines is 1. The summed E-state index contributed by atoms with van der Waals surface area (Å²) in [6.45, 7) is 1.43. The van der Waals surface area contributed by atoms with Gasteiger partial charge in [-0.05, 0) is 12.5 Å². The van der Waals surface area contributed by atoms with Crippen molar-refractivity contribution in [3.8, 4) is 5.88 Å². The Morgan fingerprint density at radius 2 is 1.96 bits per heavy atom. The maximum Gasteiger partial charge on any atom is 0.337 e. The Morgan fingerprint density at radius 1 is 1.25 bits per heavy atom. The molecule has 3 rings (SSSR count). The number of aromatic nitrogens is 4. The number of hydrogen-bond acceptors (Lipinski definition) is 9. The van der Waals surface area contributed by atoms with Crippen LogP contribution in [0.3, 0.4) is 0 Å². The summed E-state index contributed by atoms with van der Waals surface area (Å²) in [5, 5.41) is 10.2. The summed E-state index contributed by atoms with van der Waals surface area (Å²) < 4.78 is 10.3. The van der Waals surface area contributed by atoms with E-state index in [-0.39, 0.29) is 41.7 Å². The third-order valence-electron chi connectivity index (χ3n) is 3.97. The number of nitrogens with one attached hydrogen (secondary N) is 1. The molecule has 0 fully saturated rings. The van der Waals surface area contributed by atoms with Gasteiger partial charge in [0.15, 0.2) is 16.8 Å². The number of benzene rings is 1. The van der Waals surface area contributed by atoms with Gasteiger partial charge in [-0.3, -0.25) is 4.79 Å². The first-order chi connectivity index (χ1) is 13.3. The van der Waals surface area contributed by atoms with Crippen molar-refractivity contribution in [3.63, 3.8) is 0 Å². The Bertz CT molecular complexity index is 1070. The number of nitrogen functional groups attached to an aromatic ring is 1. The molecule has 0 spiro atoms. The van der Waals surface area contributed by atoms with Crippen molar-refractivity contribution in [1.82, 2.24) is 19.9 Å². The summed E-state index contributed by atoms with van der Waals surface area (Å²) in [4.78, 5) is 38.7. The molecule has 10 heteroatoms. The average Bonchev–Trinajstić information content (AvgIpc) is 2.67. The van der Waals surface area contributed by atoms with Gasteiger partial charge >= 0.3 is 5.97 Å². The van der Waals surface area contributed by atoms with E-state index in [1.165, 1.54) is 6.92 Å². The molecule has 0 aliphatic carbocycles. The number of rotatable bonds is 6. The van der Waals surface area contributed by atoms with E-state index in [1.54, 1.807) is 0 Å². The second kappa shape index (κ2) is 7.61. The number of aromatic amines is 1. The van der Waals surface area contributed by atoms with Crippen LogP contribution in [0.2, 0.25) is 0 Å². The third kappa shape index (κ3) is 4.07. The van der Waals surface area contributed by atoms with E-state index in [9.17, 15) is 14.7 Å². The highest BCUT2D eigenvalue weighted by Gasteiger charge is 2.33. The minimum atomic E-state index is -1.93. The molecule has 0 radical (unpaired) electrons. The SMILES string of the molecule is COC(=O)C(C)(O)Cc1nc2c(OCc3ccccc3)nc(N)nc2[nH]c1=O. The number of carbonyl (C=O) groups is 1. The van der Waals surface area contributed by atoms with Crippen molar-refractivity contribution in [2.75, 3.05) is 12.8 Å². The molecule has 0 bridgehead atoms. The van der Waals surface area contributed by atoms with Crippen molar-refractivity contribution >= 4 is 23.1 Å². The standard InChI is InChI=1S/C18H19N5O5/c1-18(26,16(25)27-2)8-11-14(24)21-13-12(20-11)15(23-17(19)22-13)28-9-10-6-4-3-5-7-10/h3-7,26H,8-9H2,1-2H3,(H3,19,21,22,23,24). The van der Waals surface area contributed by atoms with E-state index >= 15 is 0 Å². The van der Waals surface area contributed by atoms with Crippen molar-refractivity contribution in [2.45, 2.75) is 25.6 Å². The fraction of sp³-hybridized carbons (Fsp3) is 0.278. The van der Waals surface area contributed by atoms with Gasteiger partial charge in [0.25, 0.3) is 5.56 Å². The lowest BCUT2D eigenvalue weighted by molar-refractivity contribution is -0.160. The van der Waals surface area contributed by atoms with E-state index in [2.05, 4.69) is 24.7 Å². The Labute approximate surface area is 159 Å². The number of H-pyrrole nitrogens is 1. The first-order valence-corrected chi connectivity index (χ1v) is 8.34. The van der Waals surface area contributed by atoms with Crippen LogP contribution in [0.25, 0.3) is 11.2 Å². The molecule has 10 nitrogen and oxygen atoms in total. The van der Waals surface area contributed by atoms with Crippen LogP contribution in [0.15, 0.2) is 35.1 Å². The number of hydrogen-bond donors (Lipinski definition) is 3. The number of fused-ring (bicyclic) bond motifs is 1. The molecule has 1 unspecified atom stereocenters. The second-order valence-electron chi connectivity index (χ2n) is 6.31. The van der Waals surface area contributed by atoms with Crippen molar-refractivity contribution in [2.24, 2.45) is 0 Å². The van der Waals surface area contributed by atoms with Gasteiger partial charge in [0.2, 0.25) is 11.8 Å². The Kier molecular flexibility index (Phi) is 5.23. The van der Waals surface area contributed by atoms with Gasteiger partial charge < -0.3 is 25.3 Å². The lowest BCUT2D eigenvalue weighted by atomic mass is 10.0. The molecular weight excluding hydrogens is 366 g/mol. The zero-order valence-electron chi connectivity index (χ0n) is 15.3. The Morgan fingerprint density at radius 3 is 2.64 bits per heavy atom. The topological polar surface area (TPSA) is 153 Å². The molecule has 0 saturated carbocycles. The highest BCUT2D eigenvalue weighted by atomic mass is 16.5. The first kappa shape index (κ1) is 19.2. The second-order valence-corrected chi connectivity index (χ2v) is 6.31. The van der Waals surface area contributed by atoms with Crippen LogP contribution < -0.4 is 16.0 Å². The van der Waals surface area contributed by atoms with E-state index in [0.717, 1.165) is 12.7 Å². The van der Waals surface area contributed by atoms with Crippen LogP contribution in [-0.4, -0.2) is 43.7 Å². The van der Waals surface area contributed by atoms with E-state index < -0.39 is 17.1 Å². The predicted molar refractivity (Wildman–Crippen MR) is 99.5 cm³/mol. The molecule has 2 aromatic heterocycles. The molecule has 0 aliphatic rings. The summed E-state index contributed by atoms with van der Waals surface area (Å²) in [5.74, 6) is -0.910. The number of nitrogens with zero attached hydrogens (tertiary/aromatic N) is 3. The number of ether oxygens (including phenoxy) is 2. The summed E-state index contributed by atoms with van der Waals surface area (Å²) in [5.41, 5.74) is 4.17. The molecular formula is C18H19N5O5. The molecule has 28 heavy (non-hydrogen) atoms. The minimum Gasteiger partial charge on any atom is -0.471 e. The zero-order valence-corrected chi connectivity index (χ0v) is 15.3. The summed E-state index contributed by atoms with van der Waals surface area (Å²) in [7, 11) is 1.14. The number of methoxy groups -OCH3 is 1. The van der Waals surface area contributed by atoms with Crippen LogP contribution >= 0.6 is 0 Å². The Balaban J connectivity index is 1.99. The lowest BCUT2D eigenvalue weighted by Gasteiger charge is -2.19. The van der Waals surface area contributed by atoms with Crippen LogP contribution in [0, 0.1) is 0 Å². The molecule has 1 aromatic carbocycles. The van der Waals surface area contributed by atoms with Gasteiger partial charge in [-0.1, -0.05) is 30.3 Å². The van der Waals surface area contributed by atoms with Crippen LogP contribution in [0.4, 0.5) is 5.95 Å². The summed E-state index contributed by atoms with van der Waals surface area (Å²) >= 11 is 0. The maximum atomic E-state index is 12.3. The van der Waals surface area contributed by atoms with Gasteiger partial charge in [0, 0.05) is 6.42 Å². The van der Waals surface area contributed by atoms with Crippen LogP contribution in [0.1, 0.15) is 18.2 Å². The van der Waals surface area contributed by atoms with Crippen LogP contribution in [-0.2, 0) is 22.6 Å². The van der Waals surface area contributed by atoms with Gasteiger partial charge in [-0.25, -0.2) is 9.78 Å². The van der Waals surface area contributed by atoms with Crippen molar-refractivity contribution in [3.05, 3.63) is 51.9 Å². The molecule has 0 aliphatic heterocycles. The molecule has 146 valence electrons. The van der Waals surface area contributed by atoms with Crippen molar-refractivity contribution < 1.29 is 19.4 Å². The maximum absolute atomic E-state index is 12.3. The van der Waals surface area contributed by atoms with E-state index in [4.69, 9.17) is 10.5 Å². The van der Waals surface area contributed by atoms with Gasteiger partial charge in [-0.2, -0.15) is 9.97 Å². The minimum absolute atomic E-state index is 0.0709. The highest BCUT2D eigenvalue weighted by molar-refractivity contribution is 5.79.